The molecule has 2 atom stereocenters. The molecule has 18 heavy (non-hydrogen) atoms. The van der Waals surface area contributed by atoms with E-state index in [1.54, 1.807) is 0 Å². The van der Waals surface area contributed by atoms with Crippen LogP contribution in [-0.2, 0) is 6.42 Å². The number of pyridine rings is 1. The molecule has 2 rings (SSSR count). The summed E-state index contributed by atoms with van der Waals surface area (Å²) >= 11 is 0. The maximum absolute atomic E-state index is 4.39. The van der Waals surface area contributed by atoms with E-state index in [1.165, 1.54) is 25.1 Å². The van der Waals surface area contributed by atoms with E-state index in [-0.39, 0.29) is 0 Å². The molecule has 0 aliphatic carbocycles. The van der Waals surface area contributed by atoms with Crippen LogP contribution in [0.15, 0.2) is 24.4 Å². The van der Waals surface area contributed by atoms with Crippen molar-refractivity contribution in [3.05, 3.63) is 30.1 Å². The summed E-state index contributed by atoms with van der Waals surface area (Å²) in [5, 5.41) is 3.57. The molecule has 1 N–H and O–H groups in total. The van der Waals surface area contributed by atoms with Crippen molar-refractivity contribution in [1.29, 1.82) is 0 Å². The van der Waals surface area contributed by atoms with E-state index in [0.717, 1.165) is 25.6 Å². The van der Waals surface area contributed by atoms with Gasteiger partial charge in [0.25, 0.3) is 0 Å². The number of aromatic nitrogens is 1. The van der Waals surface area contributed by atoms with E-state index < -0.39 is 0 Å². The lowest BCUT2D eigenvalue weighted by atomic mass is 9.98. The van der Waals surface area contributed by atoms with E-state index in [9.17, 15) is 0 Å². The molecule has 0 spiro atoms. The van der Waals surface area contributed by atoms with Crippen molar-refractivity contribution in [2.45, 2.75) is 45.2 Å². The van der Waals surface area contributed by atoms with E-state index in [2.05, 4.69) is 41.2 Å². The molecule has 2 heterocycles. The van der Waals surface area contributed by atoms with Crippen molar-refractivity contribution in [2.24, 2.45) is 0 Å². The van der Waals surface area contributed by atoms with Gasteiger partial charge in [-0.1, -0.05) is 13.0 Å². The van der Waals surface area contributed by atoms with Gasteiger partial charge in [-0.3, -0.25) is 4.98 Å². The predicted molar refractivity (Wildman–Crippen MR) is 75.7 cm³/mol. The van der Waals surface area contributed by atoms with Crippen molar-refractivity contribution in [2.75, 3.05) is 19.6 Å². The van der Waals surface area contributed by atoms with Crippen LogP contribution >= 0.6 is 0 Å². The normalized spacial score (nSPS) is 25.2. The van der Waals surface area contributed by atoms with Gasteiger partial charge < -0.3 is 10.2 Å². The number of likely N-dealkylation sites (tertiary alicyclic amines) is 1. The molecule has 0 amide bonds. The molecule has 1 saturated heterocycles. The summed E-state index contributed by atoms with van der Waals surface area (Å²) in [6, 6.07) is 7.58. The number of hydrogen-bond acceptors (Lipinski definition) is 3. The number of piperidine rings is 1. The Bertz CT molecular complexity index is 339. The highest BCUT2D eigenvalue weighted by molar-refractivity contribution is 5.04. The van der Waals surface area contributed by atoms with Crippen LogP contribution in [0.2, 0.25) is 0 Å². The molecule has 1 aliphatic heterocycles. The third-order valence-corrected chi connectivity index (χ3v) is 3.89. The van der Waals surface area contributed by atoms with Crippen LogP contribution in [0.1, 0.15) is 32.4 Å². The zero-order valence-electron chi connectivity index (χ0n) is 11.6. The van der Waals surface area contributed by atoms with Gasteiger partial charge in [0.1, 0.15) is 0 Å². The summed E-state index contributed by atoms with van der Waals surface area (Å²) in [6.07, 6.45) is 5.50. The van der Waals surface area contributed by atoms with Gasteiger partial charge in [0.05, 0.1) is 0 Å². The molecule has 1 aromatic heterocycles. The maximum atomic E-state index is 4.39. The van der Waals surface area contributed by atoms with E-state index in [1.807, 2.05) is 12.3 Å². The quantitative estimate of drug-likeness (QED) is 0.863. The van der Waals surface area contributed by atoms with Gasteiger partial charge in [0.15, 0.2) is 0 Å². The van der Waals surface area contributed by atoms with Crippen LogP contribution in [0.5, 0.6) is 0 Å². The van der Waals surface area contributed by atoms with Crippen LogP contribution in [-0.4, -0.2) is 41.6 Å². The highest BCUT2D eigenvalue weighted by atomic mass is 15.2. The Hall–Kier alpha value is -0.930. The Labute approximate surface area is 111 Å². The first kappa shape index (κ1) is 13.5. The van der Waals surface area contributed by atoms with Gasteiger partial charge in [-0.25, -0.2) is 0 Å². The molecule has 1 fully saturated rings. The predicted octanol–water partition coefficient (Wildman–Crippen LogP) is 2.09. The largest absolute Gasteiger partial charge is 0.314 e. The topological polar surface area (TPSA) is 28.2 Å². The van der Waals surface area contributed by atoms with Crippen LogP contribution < -0.4 is 5.32 Å². The molecule has 0 saturated carbocycles. The summed E-state index contributed by atoms with van der Waals surface area (Å²) in [5.74, 6) is 0. The standard InChI is InChI=1S/C15H25N3/c1-3-16-15-8-11-18(13(2)12-15)10-7-14-6-4-5-9-17-14/h4-6,9,13,15-16H,3,7-8,10-12H2,1-2H3. The summed E-state index contributed by atoms with van der Waals surface area (Å²) < 4.78 is 0. The average Bonchev–Trinajstić information content (AvgIpc) is 2.39. The molecule has 2 unspecified atom stereocenters. The van der Waals surface area contributed by atoms with Crippen molar-refractivity contribution in [3.8, 4) is 0 Å². The smallest absolute Gasteiger partial charge is 0.0416 e. The minimum absolute atomic E-state index is 0.687. The van der Waals surface area contributed by atoms with Gasteiger partial charge in [-0.05, 0) is 45.0 Å². The number of nitrogens with zero attached hydrogens (tertiary/aromatic N) is 2. The Morgan fingerprint density at radius 3 is 3.00 bits per heavy atom. The van der Waals surface area contributed by atoms with Crippen molar-refractivity contribution < 1.29 is 0 Å². The molecular weight excluding hydrogens is 222 g/mol. The fourth-order valence-electron chi connectivity index (χ4n) is 2.83. The summed E-state index contributed by atoms with van der Waals surface area (Å²) in [4.78, 5) is 6.99. The van der Waals surface area contributed by atoms with Gasteiger partial charge >= 0.3 is 0 Å². The first-order valence-electron chi connectivity index (χ1n) is 7.17. The first-order valence-corrected chi connectivity index (χ1v) is 7.17. The van der Waals surface area contributed by atoms with Gasteiger partial charge in [0, 0.05) is 36.9 Å². The number of nitrogens with one attached hydrogen (secondary N) is 1. The Morgan fingerprint density at radius 1 is 1.44 bits per heavy atom. The molecular formula is C15H25N3. The van der Waals surface area contributed by atoms with Gasteiger partial charge in [0.2, 0.25) is 0 Å². The molecule has 0 bridgehead atoms. The van der Waals surface area contributed by atoms with E-state index in [4.69, 9.17) is 0 Å². The minimum Gasteiger partial charge on any atom is -0.314 e. The lowest BCUT2D eigenvalue weighted by Crippen LogP contribution is -2.47. The van der Waals surface area contributed by atoms with Crippen LogP contribution in [0.25, 0.3) is 0 Å². The molecule has 1 aromatic rings. The van der Waals surface area contributed by atoms with E-state index >= 15 is 0 Å². The summed E-state index contributed by atoms with van der Waals surface area (Å²) in [5.41, 5.74) is 1.21. The molecule has 100 valence electrons. The number of rotatable bonds is 5. The van der Waals surface area contributed by atoms with Gasteiger partial charge in [-0.2, -0.15) is 0 Å². The second-order valence-corrected chi connectivity index (χ2v) is 5.24. The first-order chi connectivity index (χ1) is 8.79. The lowest BCUT2D eigenvalue weighted by molar-refractivity contribution is 0.138. The van der Waals surface area contributed by atoms with Gasteiger partial charge in [-0.15, -0.1) is 0 Å². The third-order valence-electron chi connectivity index (χ3n) is 3.89. The Morgan fingerprint density at radius 2 is 2.33 bits per heavy atom. The zero-order chi connectivity index (χ0) is 12.8. The number of hydrogen-bond donors (Lipinski definition) is 1. The van der Waals surface area contributed by atoms with Crippen LogP contribution in [0, 0.1) is 0 Å². The zero-order valence-corrected chi connectivity index (χ0v) is 11.6. The van der Waals surface area contributed by atoms with E-state index in [0.29, 0.717) is 6.04 Å². The van der Waals surface area contributed by atoms with Crippen molar-refractivity contribution >= 4 is 0 Å². The van der Waals surface area contributed by atoms with Crippen molar-refractivity contribution in [3.63, 3.8) is 0 Å². The van der Waals surface area contributed by atoms with Crippen LogP contribution in [0.4, 0.5) is 0 Å². The third kappa shape index (κ3) is 3.79. The molecule has 0 aromatic carbocycles. The Balaban J connectivity index is 1.77. The fourth-order valence-corrected chi connectivity index (χ4v) is 2.83. The molecule has 0 radical (unpaired) electrons. The SMILES string of the molecule is CCNC1CCN(CCc2ccccn2)C(C)C1. The molecule has 3 heteroatoms. The minimum atomic E-state index is 0.687. The monoisotopic (exact) mass is 247 g/mol. The average molecular weight is 247 g/mol. The summed E-state index contributed by atoms with van der Waals surface area (Å²) in [7, 11) is 0. The Kier molecular flexibility index (Phi) is 5.14. The lowest BCUT2D eigenvalue weighted by Gasteiger charge is -2.38. The molecule has 1 aliphatic rings. The van der Waals surface area contributed by atoms with Crippen molar-refractivity contribution in [1.82, 2.24) is 15.2 Å². The fraction of sp³-hybridized carbons (Fsp3) is 0.667. The maximum Gasteiger partial charge on any atom is 0.0416 e. The highest BCUT2D eigenvalue weighted by Gasteiger charge is 2.24. The second-order valence-electron chi connectivity index (χ2n) is 5.24. The summed E-state index contributed by atoms with van der Waals surface area (Å²) in [6.45, 7) is 7.98. The highest BCUT2D eigenvalue weighted by Crippen LogP contribution is 2.17. The second kappa shape index (κ2) is 6.86. The van der Waals surface area contributed by atoms with Crippen LogP contribution in [0.3, 0.4) is 0 Å². The molecule has 3 nitrogen and oxygen atoms in total.